The first-order valence-electron chi connectivity index (χ1n) is 5.75. The zero-order valence-corrected chi connectivity index (χ0v) is 9.65. The molecule has 2 N–H and O–H groups in total. The number of primary amides is 1. The molecule has 3 nitrogen and oxygen atoms in total. The molecule has 2 rings (SSSR count). The number of fused-ring (bicyclic) bond motifs is 1. The summed E-state index contributed by atoms with van der Waals surface area (Å²) in [7, 11) is 2.07. The van der Waals surface area contributed by atoms with E-state index in [0.29, 0.717) is 12.5 Å². The molecule has 0 aromatic heterocycles. The van der Waals surface area contributed by atoms with Gasteiger partial charge in [-0.25, -0.2) is 0 Å². The van der Waals surface area contributed by atoms with E-state index < -0.39 is 0 Å². The van der Waals surface area contributed by atoms with Gasteiger partial charge in [0.15, 0.2) is 0 Å². The van der Waals surface area contributed by atoms with Crippen LogP contribution in [0.15, 0.2) is 24.3 Å². The molecule has 1 aromatic carbocycles. The van der Waals surface area contributed by atoms with Gasteiger partial charge in [-0.1, -0.05) is 24.3 Å². The minimum absolute atomic E-state index is 0.224. The second kappa shape index (κ2) is 4.66. The number of carbonyl (C=O) groups excluding carboxylic acids is 1. The predicted octanol–water partition coefficient (Wildman–Crippen LogP) is 1.48. The molecule has 0 saturated heterocycles. The van der Waals surface area contributed by atoms with E-state index in [9.17, 15) is 4.79 Å². The van der Waals surface area contributed by atoms with Gasteiger partial charge in [0.05, 0.1) is 0 Å². The molecule has 86 valence electrons. The van der Waals surface area contributed by atoms with Crippen LogP contribution in [0.1, 0.15) is 30.0 Å². The lowest BCUT2D eigenvalue weighted by Crippen LogP contribution is -2.27. The van der Waals surface area contributed by atoms with Crippen LogP contribution in [-0.4, -0.2) is 24.4 Å². The van der Waals surface area contributed by atoms with Crippen LogP contribution in [0.4, 0.5) is 0 Å². The van der Waals surface area contributed by atoms with E-state index in [1.807, 2.05) is 0 Å². The van der Waals surface area contributed by atoms with Crippen molar-refractivity contribution in [1.82, 2.24) is 4.90 Å². The minimum Gasteiger partial charge on any atom is -0.370 e. The first-order chi connectivity index (χ1) is 7.68. The Kier molecular flexibility index (Phi) is 3.25. The van der Waals surface area contributed by atoms with Crippen LogP contribution >= 0.6 is 0 Å². The van der Waals surface area contributed by atoms with Crippen molar-refractivity contribution in [3.05, 3.63) is 35.4 Å². The Labute approximate surface area is 96.2 Å². The van der Waals surface area contributed by atoms with E-state index >= 15 is 0 Å². The van der Waals surface area contributed by atoms with Gasteiger partial charge in [0.1, 0.15) is 0 Å². The zero-order chi connectivity index (χ0) is 11.5. The van der Waals surface area contributed by atoms with Crippen molar-refractivity contribution in [3.63, 3.8) is 0 Å². The maximum absolute atomic E-state index is 10.8. The van der Waals surface area contributed by atoms with Crippen molar-refractivity contribution in [1.29, 1.82) is 0 Å². The highest BCUT2D eigenvalue weighted by molar-refractivity contribution is 5.73. The summed E-state index contributed by atoms with van der Waals surface area (Å²) in [5.41, 5.74) is 8.02. The Morgan fingerprint density at radius 2 is 2.25 bits per heavy atom. The largest absolute Gasteiger partial charge is 0.370 e. The van der Waals surface area contributed by atoms with Gasteiger partial charge in [0.25, 0.3) is 0 Å². The molecule has 0 unspecified atom stereocenters. The lowest BCUT2D eigenvalue weighted by Gasteiger charge is -2.24. The topological polar surface area (TPSA) is 46.3 Å². The van der Waals surface area contributed by atoms with Gasteiger partial charge in [0.2, 0.25) is 5.91 Å². The summed E-state index contributed by atoms with van der Waals surface area (Å²) in [6.45, 7) is 0.744. The van der Waals surface area contributed by atoms with Crippen LogP contribution in [0, 0.1) is 0 Å². The van der Waals surface area contributed by atoms with E-state index in [2.05, 4.69) is 36.2 Å². The molecule has 1 atom stereocenters. The molecule has 1 aliphatic carbocycles. The quantitative estimate of drug-likeness (QED) is 0.832. The van der Waals surface area contributed by atoms with Gasteiger partial charge in [-0.2, -0.15) is 0 Å². The van der Waals surface area contributed by atoms with Crippen molar-refractivity contribution < 1.29 is 4.79 Å². The molecule has 16 heavy (non-hydrogen) atoms. The SMILES string of the molecule is CN(CCC(N)=O)[C@H]1CCc2ccccc21. The summed E-state index contributed by atoms with van der Waals surface area (Å²) in [4.78, 5) is 13.0. The summed E-state index contributed by atoms with van der Waals surface area (Å²) in [6.07, 6.45) is 2.73. The second-order valence-electron chi connectivity index (χ2n) is 4.45. The third-order valence-electron chi connectivity index (χ3n) is 3.34. The number of hydrogen-bond acceptors (Lipinski definition) is 2. The Balaban J connectivity index is 2.04. The highest BCUT2D eigenvalue weighted by Crippen LogP contribution is 2.34. The molecule has 3 heteroatoms. The molecule has 1 aliphatic rings. The average molecular weight is 218 g/mol. The third kappa shape index (κ3) is 2.25. The number of hydrogen-bond donors (Lipinski definition) is 1. The number of amides is 1. The second-order valence-corrected chi connectivity index (χ2v) is 4.45. The Bertz CT molecular complexity index is 389. The molecule has 0 fully saturated rings. The van der Waals surface area contributed by atoms with Crippen molar-refractivity contribution in [2.24, 2.45) is 5.73 Å². The summed E-state index contributed by atoms with van der Waals surface area (Å²) in [5, 5.41) is 0. The number of carbonyl (C=O) groups is 1. The van der Waals surface area contributed by atoms with Crippen LogP contribution in [0.25, 0.3) is 0 Å². The number of nitrogens with zero attached hydrogens (tertiary/aromatic N) is 1. The fourth-order valence-electron chi connectivity index (χ4n) is 2.43. The Hall–Kier alpha value is -1.35. The van der Waals surface area contributed by atoms with Crippen molar-refractivity contribution >= 4 is 5.91 Å². The lowest BCUT2D eigenvalue weighted by molar-refractivity contribution is -0.118. The van der Waals surface area contributed by atoms with Crippen LogP contribution in [0.2, 0.25) is 0 Å². The summed E-state index contributed by atoms with van der Waals surface area (Å²) in [5.74, 6) is -0.224. The van der Waals surface area contributed by atoms with Gasteiger partial charge in [0, 0.05) is 19.0 Å². The van der Waals surface area contributed by atoms with Crippen molar-refractivity contribution in [2.75, 3.05) is 13.6 Å². The third-order valence-corrected chi connectivity index (χ3v) is 3.34. The fourth-order valence-corrected chi connectivity index (χ4v) is 2.43. The first kappa shape index (κ1) is 11.1. The normalized spacial score (nSPS) is 18.8. The van der Waals surface area contributed by atoms with Gasteiger partial charge in [-0.3, -0.25) is 9.69 Å². The fraction of sp³-hybridized carbons (Fsp3) is 0.462. The predicted molar refractivity (Wildman–Crippen MR) is 63.9 cm³/mol. The van der Waals surface area contributed by atoms with E-state index in [1.165, 1.54) is 11.1 Å². The minimum atomic E-state index is -0.224. The van der Waals surface area contributed by atoms with Gasteiger partial charge in [-0.05, 0) is 31.0 Å². The number of nitrogens with two attached hydrogens (primary N) is 1. The van der Waals surface area contributed by atoms with E-state index in [1.54, 1.807) is 0 Å². The average Bonchev–Trinajstić information content (AvgIpc) is 2.69. The van der Waals surface area contributed by atoms with Crippen LogP contribution in [0.3, 0.4) is 0 Å². The van der Waals surface area contributed by atoms with E-state index in [4.69, 9.17) is 5.73 Å². The summed E-state index contributed by atoms with van der Waals surface area (Å²) < 4.78 is 0. The maximum atomic E-state index is 10.8. The van der Waals surface area contributed by atoms with E-state index in [-0.39, 0.29) is 5.91 Å². The van der Waals surface area contributed by atoms with E-state index in [0.717, 1.165) is 19.4 Å². The molecule has 0 heterocycles. The Morgan fingerprint density at radius 3 is 3.00 bits per heavy atom. The van der Waals surface area contributed by atoms with Crippen molar-refractivity contribution in [3.8, 4) is 0 Å². The molecule has 1 aromatic rings. The molecule has 0 saturated carbocycles. The molecular formula is C13H18N2O. The number of rotatable bonds is 4. The lowest BCUT2D eigenvalue weighted by atomic mass is 10.1. The van der Waals surface area contributed by atoms with Crippen LogP contribution in [-0.2, 0) is 11.2 Å². The van der Waals surface area contributed by atoms with Crippen LogP contribution in [0.5, 0.6) is 0 Å². The highest BCUT2D eigenvalue weighted by Gasteiger charge is 2.25. The number of aryl methyl sites for hydroxylation is 1. The first-order valence-corrected chi connectivity index (χ1v) is 5.75. The summed E-state index contributed by atoms with van der Waals surface area (Å²) >= 11 is 0. The smallest absolute Gasteiger partial charge is 0.218 e. The molecule has 0 spiro atoms. The van der Waals surface area contributed by atoms with Gasteiger partial charge < -0.3 is 5.73 Å². The Morgan fingerprint density at radius 1 is 1.50 bits per heavy atom. The van der Waals surface area contributed by atoms with Crippen molar-refractivity contribution in [2.45, 2.75) is 25.3 Å². The standard InChI is InChI=1S/C13H18N2O/c1-15(9-8-13(14)16)12-7-6-10-4-2-3-5-11(10)12/h2-5,12H,6-9H2,1H3,(H2,14,16)/t12-/m0/s1. The maximum Gasteiger partial charge on any atom is 0.218 e. The monoisotopic (exact) mass is 218 g/mol. The van der Waals surface area contributed by atoms with Crippen LogP contribution < -0.4 is 5.73 Å². The highest BCUT2D eigenvalue weighted by atomic mass is 16.1. The molecule has 1 amide bonds. The molecule has 0 radical (unpaired) electrons. The molecule has 0 aliphatic heterocycles. The number of benzene rings is 1. The molecule has 0 bridgehead atoms. The summed E-state index contributed by atoms with van der Waals surface area (Å²) in [6, 6.07) is 9.00. The van der Waals surface area contributed by atoms with Gasteiger partial charge >= 0.3 is 0 Å². The zero-order valence-electron chi connectivity index (χ0n) is 9.65. The van der Waals surface area contributed by atoms with Gasteiger partial charge in [-0.15, -0.1) is 0 Å². The molecular weight excluding hydrogens is 200 g/mol.